The van der Waals surface area contributed by atoms with Gasteiger partial charge in [-0.2, -0.15) is 23.5 Å². The van der Waals surface area contributed by atoms with E-state index in [1.807, 2.05) is 0 Å². The van der Waals surface area contributed by atoms with Crippen LogP contribution in [0.2, 0.25) is 0 Å². The highest BCUT2D eigenvalue weighted by molar-refractivity contribution is 5.94. The first-order valence-corrected chi connectivity index (χ1v) is 10.4. The Bertz CT molecular complexity index is 1200. The van der Waals surface area contributed by atoms with Crippen molar-refractivity contribution in [1.29, 1.82) is 5.26 Å². The molecule has 3 aromatic rings. The molecule has 0 unspecified atom stereocenters. The average molecular weight is 471 g/mol. The monoisotopic (exact) mass is 471 g/mol. The van der Waals surface area contributed by atoms with Crippen molar-refractivity contribution in [2.45, 2.75) is 25.1 Å². The molecule has 9 nitrogen and oxygen atoms in total. The minimum atomic E-state index is -4.68. The number of carbonyl (C=O) groups is 1. The lowest BCUT2D eigenvalue weighted by Gasteiger charge is -2.22. The van der Waals surface area contributed by atoms with Crippen LogP contribution in [0.25, 0.3) is 11.3 Å². The van der Waals surface area contributed by atoms with Crippen LogP contribution in [-0.4, -0.2) is 45.4 Å². The van der Waals surface area contributed by atoms with E-state index in [0.717, 1.165) is 19.0 Å². The summed E-state index contributed by atoms with van der Waals surface area (Å²) in [4.78, 5) is 19.9. The summed E-state index contributed by atoms with van der Waals surface area (Å²) in [6.45, 7) is 1.12. The van der Waals surface area contributed by atoms with Crippen LogP contribution >= 0.6 is 0 Å². The van der Waals surface area contributed by atoms with Gasteiger partial charge in [-0.15, -0.1) is 0 Å². The van der Waals surface area contributed by atoms with Crippen molar-refractivity contribution in [3.05, 3.63) is 54.0 Å². The van der Waals surface area contributed by atoms with E-state index in [9.17, 15) is 18.0 Å². The van der Waals surface area contributed by atoms with Crippen LogP contribution < -0.4 is 10.6 Å². The van der Waals surface area contributed by atoms with Gasteiger partial charge in [0.2, 0.25) is 5.95 Å². The second kappa shape index (κ2) is 9.88. The van der Waals surface area contributed by atoms with Gasteiger partial charge in [-0.1, -0.05) is 12.1 Å². The minimum Gasteiger partial charge on any atom is -0.381 e. The number of carbonyl (C=O) groups excluding carboxylic acids is 1. The Morgan fingerprint density at radius 2 is 1.94 bits per heavy atom. The highest BCUT2D eigenvalue weighted by Gasteiger charge is 2.35. The lowest BCUT2D eigenvalue weighted by atomic mass is 10.0. The summed E-state index contributed by atoms with van der Waals surface area (Å²) in [5, 5.41) is 18.2. The van der Waals surface area contributed by atoms with E-state index in [1.54, 1.807) is 23.1 Å². The highest BCUT2D eigenvalue weighted by atomic mass is 19.4. The van der Waals surface area contributed by atoms with Gasteiger partial charge in [0.25, 0.3) is 5.91 Å². The molecule has 1 aliphatic rings. The molecule has 0 saturated carbocycles. The molecule has 0 aliphatic carbocycles. The number of anilines is 2. The third kappa shape index (κ3) is 5.32. The zero-order valence-electron chi connectivity index (χ0n) is 17.8. The number of amides is 1. The molecule has 34 heavy (non-hydrogen) atoms. The first-order chi connectivity index (χ1) is 16.3. The highest BCUT2D eigenvalue weighted by Crippen LogP contribution is 2.36. The van der Waals surface area contributed by atoms with Crippen molar-refractivity contribution in [3.8, 4) is 17.3 Å². The average Bonchev–Trinajstić information content (AvgIpc) is 3.31. The van der Waals surface area contributed by atoms with Crippen molar-refractivity contribution in [1.82, 2.24) is 25.1 Å². The molecule has 4 rings (SSSR count). The Balaban J connectivity index is 1.59. The Hall–Kier alpha value is -3.98. The molecule has 2 aromatic heterocycles. The SMILES string of the molecule is N#CCNC(=O)c1ccc(-c2nc(Nc3cnn(C4CCOCC4)c3)ncc2C(F)(F)F)cc1. The van der Waals surface area contributed by atoms with Crippen molar-refractivity contribution >= 4 is 17.5 Å². The third-order valence-electron chi connectivity index (χ3n) is 5.27. The number of ether oxygens (including phenoxy) is 1. The van der Waals surface area contributed by atoms with Gasteiger partial charge in [0.1, 0.15) is 12.1 Å². The fourth-order valence-electron chi connectivity index (χ4n) is 3.55. The quantitative estimate of drug-likeness (QED) is 0.526. The first kappa shape index (κ1) is 23.2. The lowest BCUT2D eigenvalue weighted by molar-refractivity contribution is -0.137. The zero-order valence-corrected chi connectivity index (χ0v) is 17.8. The number of aromatic nitrogens is 4. The molecular weight excluding hydrogens is 451 g/mol. The van der Waals surface area contributed by atoms with Crippen LogP contribution in [0, 0.1) is 11.3 Å². The van der Waals surface area contributed by atoms with Crippen LogP contribution in [0.5, 0.6) is 0 Å². The standard InChI is InChI=1S/C22H20F3N7O2/c23-22(24,25)18-12-28-21(30-16-11-29-32(13-16)17-5-9-34-10-6-17)31-19(18)14-1-3-15(4-2-14)20(33)27-8-7-26/h1-4,11-13,17H,5-6,8-10H2,(H,27,33)(H,28,30,31). The summed E-state index contributed by atoms with van der Waals surface area (Å²) in [7, 11) is 0. The molecule has 2 N–H and O–H groups in total. The molecule has 3 heterocycles. The van der Waals surface area contributed by atoms with E-state index >= 15 is 0 Å². The largest absolute Gasteiger partial charge is 0.419 e. The number of benzene rings is 1. The van der Waals surface area contributed by atoms with Crippen molar-refractivity contribution < 1.29 is 22.7 Å². The summed E-state index contributed by atoms with van der Waals surface area (Å²) >= 11 is 0. The van der Waals surface area contributed by atoms with E-state index < -0.39 is 17.6 Å². The normalized spacial score (nSPS) is 14.4. The van der Waals surface area contributed by atoms with E-state index in [1.165, 1.54) is 24.3 Å². The molecule has 0 bridgehead atoms. The maximum Gasteiger partial charge on any atom is 0.419 e. The van der Waals surface area contributed by atoms with Gasteiger partial charge in [-0.25, -0.2) is 9.97 Å². The van der Waals surface area contributed by atoms with Gasteiger partial charge in [0.05, 0.1) is 29.7 Å². The molecule has 0 spiro atoms. The fourth-order valence-corrected chi connectivity index (χ4v) is 3.55. The molecular formula is C22H20F3N7O2. The van der Waals surface area contributed by atoms with E-state index in [-0.39, 0.29) is 35.4 Å². The van der Waals surface area contributed by atoms with Crippen LogP contribution in [-0.2, 0) is 10.9 Å². The predicted molar refractivity (Wildman–Crippen MR) is 115 cm³/mol. The number of hydrogen-bond acceptors (Lipinski definition) is 7. The molecule has 176 valence electrons. The number of halogens is 3. The van der Waals surface area contributed by atoms with Gasteiger partial charge in [0, 0.05) is 36.7 Å². The molecule has 1 fully saturated rings. The van der Waals surface area contributed by atoms with E-state index in [2.05, 4.69) is 25.7 Å². The Kier molecular flexibility index (Phi) is 6.74. The summed E-state index contributed by atoms with van der Waals surface area (Å²) in [6, 6.07) is 7.45. The second-order valence-electron chi connectivity index (χ2n) is 7.55. The summed E-state index contributed by atoms with van der Waals surface area (Å²) < 4.78 is 48.0. The second-order valence-corrected chi connectivity index (χ2v) is 7.55. The summed E-state index contributed by atoms with van der Waals surface area (Å²) in [6.07, 6.45) is 1.01. The summed E-state index contributed by atoms with van der Waals surface area (Å²) in [5.74, 6) is -0.527. The van der Waals surface area contributed by atoms with Gasteiger partial charge in [0.15, 0.2) is 0 Å². The maximum absolute atomic E-state index is 13.6. The van der Waals surface area contributed by atoms with E-state index in [0.29, 0.717) is 18.9 Å². The van der Waals surface area contributed by atoms with E-state index in [4.69, 9.17) is 10.00 Å². The Morgan fingerprint density at radius 1 is 1.21 bits per heavy atom. The topological polar surface area (TPSA) is 118 Å². The number of nitrogens with zero attached hydrogens (tertiary/aromatic N) is 5. The van der Waals surface area contributed by atoms with Crippen LogP contribution in [0.15, 0.2) is 42.9 Å². The first-order valence-electron chi connectivity index (χ1n) is 10.4. The lowest BCUT2D eigenvalue weighted by Crippen LogP contribution is -2.23. The summed E-state index contributed by atoms with van der Waals surface area (Å²) in [5.41, 5.74) is -0.418. The van der Waals surface area contributed by atoms with Crippen LogP contribution in [0.3, 0.4) is 0 Å². The van der Waals surface area contributed by atoms with Crippen molar-refractivity contribution in [2.75, 3.05) is 25.1 Å². The molecule has 0 atom stereocenters. The van der Waals surface area contributed by atoms with Crippen molar-refractivity contribution in [3.63, 3.8) is 0 Å². The van der Waals surface area contributed by atoms with Crippen LogP contribution in [0.1, 0.15) is 34.8 Å². The number of nitriles is 1. The number of nitrogens with one attached hydrogen (secondary N) is 2. The van der Waals surface area contributed by atoms with Gasteiger partial charge >= 0.3 is 6.18 Å². The molecule has 1 aliphatic heterocycles. The van der Waals surface area contributed by atoms with Crippen LogP contribution in [0.4, 0.5) is 24.8 Å². The third-order valence-corrected chi connectivity index (χ3v) is 5.27. The molecule has 0 radical (unpaired) electrons. The minimum absolute atomic E-state index is 0.0228. The number of hydrogen-bond donors (Lipinski definition) is 2. The molecule has 12 heteroatoms. The van der Waals surface area contributed by atoms with Crippen molar-refractivity contribution in [2.24, 2.45) is 0 Å². The Morgan fingerprint density at radius 3 is 2.62 bits per heavy atom. The Labute approximate surface area is 192 Å². The number of alkyl halides is 3. The van der Waals surface area contributed by atoms with Gasteiger partial charge in [-0.3, -0.25) is 9.48 Å². The smallest absolute Gasteiger partial charge is 0.381 e. The maximum atomic E-state index is 13.6. The predicted octanol–water partition coefficient (Wildman–Crippen LogP) is 3.71. The number of rotatable bonds is 6. The molecule has 1 saturated heterocycles. The molecule has 1 amide bonds. The van der Waals surface area contributed by atoms with Gasteiger partial charge in [-0.05, 0) is 25.0 Å². The fraction of sp³-hybridized carbons (Fsp3) is 0.318. The van der Waals surface area contributed by atoms with Gasteiger partial charge < -0.3 is 15.4 Å². The molecule has 1 aromatic carbocycles. The zero-order chi connectivity index (χ0) is 24.1.